The van der Waals surface area contributed by atoms with E-state index in [1.165, 1.54) is 18.2 Å². The number of carbonyl (C=O) groups is 1. The molecule has 0 atom stereocenters. The zero-order valence-electron chi connectivity index (χ0n) is 13.2. The molecule has 25 heavy (non-hydrogen) atoms. The van der Waals surface area contributed by atoms with Crippen LogP contribution in [0.3, 0.4) is 0 Å². The molecular formula is C17H15FN4O3. The topological polar surface area (TPSA) is 80.5 Å². The SMILES string of the molecule is O=C(Nc1ccc(N2CCOCC2)c2nonc12)c1ccccc1F. The minimum absolute atomic E-state index is 0.0376. The smallest absolute Gasteiger partial charge is 0.258 e. The number of nitrogens with zero attached hydrogens (tertiary/aromatic N) is 3. The van der Waals surface area contributed by atoms with Gasteiger partial charge in [-0.05, 0) is 34.6 Å². The van der Waals surface area contributed by atoms with Crippen LogP contribution < -0.4 is 10.2 Å². The maximum absolute atomic E-state index is 13.8. The lowest BCUT2D eigenvalue weighted by atomic mass is 10.1. The normalized spacial score (nSPS) is 14.7. The fraction of sp³-hybridized carbons (Fsp3) is 0.235. The number of hydrogen-bond acceptors (Lipinski definition) is 6. The van der Waals surface area contributed by atoms with Crippen molar-refractivity contribution in [3.63, 3.8) is 0 Å². The average molecular weight is 342 g/mol. The molecule has 8 heteroatoms. The fourth-order valence-electron chi connectivity index (χ4n) is 2.85. The van der Waals surface area contributed by atoms with E-state index >= 15 is 0 Å². The highest BCUT2D eigenvalue weighted by Crippen LogP contribution is 2.30. The number of carbonyl (C=O) groups excluding carboxylic acids is 1. The summed E-state index contributed by atoms with van der Waals surface area (Å²) in [5, 5.41) is 10.5. The lowest BCUT2D eigenvalue weighted by Gasteiger charge is -2.28. The number of hydrogen-bond donors (Lipinski definition) is 1. The number of fused-ring (bicyclic) bond motifs is 1. The van der Waals surface area contributed by atoms with E-state index in [2.05, 4.69) is 20.5 Å². The third-order valence-corrected chi connectivity index (χ3v) is 4.11. The van der Waals surface area contributed by atoms with Gasteiger partial charge in [0.25, 0.3) is 5.91 Å². The standard InChI is InChI=1S/C17H15FN4O3/c18-12-4-2-1-3-11(12)17(23)19-13-5-6-14(16-15(13)20-25-21-16)22-7-9-24-10-8-22/h1-6H,7-10H2,(H,19,23). The van der Waals surface area contributed by atoms with E-state index in [4.69, 9.17) is 9.37 Å². The summed E-state index contributed by atoms with van der Waals surface area (Å²) in [6, 6.07) is 9.36. The predicted octanol–water partition coefficient (Wildman–Crippen LogP) is 2.45. The largest absolute Gasteiger partial charge is 0.378 e. The Morgan fingerprint density at radius 3 is 2.64 bits per heavy atom. The van der Waals surface area contributed by atoms with Crippen LogP contribution in [0.4, 0.5) is 15.8 Å². The van der Waals surface area contributed by atoms with Gasteiger partial charge in [-0.25, -0.2) is 9.02 Å². The third kappa shape index (κ3) is 2.91. The molecule has 1 amide bonds. The number of nitrogens with one attached hydrogen (secondary N) is 1. The Kier molecular flexibility index (Phi) is 4.02. The van der Waals surface area contributed by atoms with E-state index in [0.29, 0.717) is 29.9 Å². The van der Waals surface area contributed by atoms with Crippen LogP contribution in [-0.2, 0) is 4.74 Å². The molecule has 3 aromatic rings. The van der Waals surface area contributed by atoms with Gasteiger partial charge >= 0.3 is 0 Å². The molecule has 7 nitrogen and oxygen atoms in total. The minimum atomic E-state index is -0.584. The summed E-state index contributed by atoms with van der Waals surface area (Å²) >= 11 is 0. The maximum atomic E-state index is 13.8. The van der Waals surface area contributed by atoms with Crippen molar-refractivity contribution in [3.8, 4) is 0 Å². The van der Waals surface area contributed by atoms with Crippen LogP contribution in [0, 0.1) is 5.82 Å². The molecule has 0 spiro atoms. The van der Waals surface area contributed by atoms with Crippen molar-refractivity contribution < 1.29 is 18.6 Å². The highest BCUT2D eigenvalue weighted by molar-refractivity contribution is 6.09. The zero-order valence-corrected chi connectivity index (χ0v) is 13.2. The van der Waals surface area contributed by atoms with Gasteiger partial charge in [-0.3, -0.25) is 4.79 Å². The van der Waals surface area contributed by atoms with Gasteiger partial charge in [0.2, 0.25) is 0 Å². The second kappa shape index (κ2) is 6.48. The summed E-state index contributed by atoms with van der Waals surface area (Å²) in [6.45, 7) is 2.75. The Balaban J connectivity index is 1.66. The number of morpholine rings is 1. The lowest BCUT2D eigenvalue weighted by molar-refractivity contribution is 0.102. The first kappa shape index (κ1) is 15.5. The molecule has 1 saturated heterocycles. The molecule has 1 fully saturated rings. The van der Waals surface area contributed by atoms with Gasteiger partial charge < -0.3 is 15.0 Å². The van der Waals surface area contributed by atoms with E-state index < -0.39 is 11.7 Å². The average Bonchev–Trinajstić information content (AvgIpc) is 3.13. The molecule has 1 aliphatic rings. The van der Waals surface area contributed by atoms with Crippen molar-refractivity contribution in [1.82, 2.24) is 10.3 Å². The Hall–Kier alpha value is -3.00. The Bertz CT molecular complexity index is 921. The zero-order chi connectivity index (χ0) is 17.2. The predicted molar refractivity (Wildman–Crippen MR) is 89.2 cm³/mol. The number of ether oxygens (including phenoxy) is 1. The Morgan fingerprint density at radius 2 is 1.84 bits per heavy atom. The van der Waals surface area contributed by atoms with Gasteiger partial charge in [0.1, 0.15) is 5.82 Å². The molecule has 0 bridgehead atoms. The van der Waals surface area contributed by atoms with Gasteiger partial charge in [-0.1, -0.05) is 12.1 Å². The minimum Gasteiger partial charge on any atom is -0.378 e. The molecule has 4 rings (SSSR count). The van der Waals surface area contributed by atoms with E-state index in [1.54, 1.807) is 12.1 Å². The number of benzene rings is 2. The first-order valence-corrected chi connectivity index (χ1v) is 7.88. The van der Waals surface area contributed by atoms with E-state index in [-0.39, 0.29) is 5.56 Å². The maximum Gasteiger partial charge on any atom is 0.258 e. The lowest BCUT2D eigenvalue weighted by Crippen LogP contribution is -2.36. The van der Waals surface area contributed by atoms with Crippen LogP contribution in [-0.4, -0.2) is 42.5 Å². The number of rotatable bonds is 3. The first-order valence-electron chi connectivity index (χ1n) is 7.88. The summed E-state index contributed by atoms with van der Waals surface area (Å²) in [5.74, 6) is -1.14. The summed E-state index contributed by atoms with van der Waals surface area (Å²) in [4.78, 5) is 14.5. The summed E-state index contributed by atoms with van der Waals surface area (Å²) in [5.41, 5.74) is 2.22. The quantitative estimate of drug-likeness (QED) is 0.787. The molecule has 0 aliphatic carbocycles. The van der Waals surface area contributed by atoms with E-state index in [0.717, 1.165) is 18.8 Å². The van der Waals surface area contributed by atoms with Crippen molar-refractivity contribution in [2.75, 3.05) is 36.5 Å². The van der Waals surface area contributed by atoms with Crippen molar-refractivity contribution in [3.05, 3.63) is 47.8 Å². The van der Waals surface area contributed by atoms with Crippen LogP contribution in [0.1, 0.15) is 10.4 Å². The van der Waals surface area contributed by atoms with Gasteiger partial charge in [0.15, 0.2) is 11.0 Å². The second-order valence-corrected chi connectivity index (χ2v) is 5.63. The highest BCUT2D eigenvalue weighted by atomic mass is 19.1. The molecular weight excluding hydrogens is 327 g/mol. The van der Waals surface area contributed by atoms with Crippen molar-refractivity contribution >= 4 is 28.3 Å². The van der Waals surface area contributed by atoms with Crippen LogP contribution in [0.25, 0.3) is 11.0 Å². The van der Waals surface area contributed by atoms with Crippen LogP contribution in [0.5, 0.6) is 0 Å². The summed E-state index contributed by atoms with van der Waals surface area (Å²) in [6.07, 6.45) is 0. The summed E-state index contributed by atoms with van der Waals surface area (Å²) < 4.78 is 24.0. The molecule has 1 aromatic heterocycles. The third-order valence-electron chi connectivity index (χ3n) is 4.11. The highest BCUT2D eigenvalue weighted by Gasteiger charge is 2.20. The second-order valence-electron chi connectivity index (χ2n) is 5.63. The first-order chi connectivity index (χ1) is 12.2. The number of anilines is 2. The Labute approximate surface area is 142 Å². The van der Waals surface area contributed by atoms with Gasteiger partial charge in [0, 0.05) is 13.1 Å². The number of halogens is 1. The van der Waals surface area contributed by atoms with Gasteiger partial charge in [0.05, 0.1) is 30.2 Å². The number of amides is 1. The van der Waals surface area contributed by atoms with E-state index in [9.17, 15) is 9.18 Å². The van der Waals surface area contributed by atoms with E-state index in [1.807, 2.05) is 6.07 Å². The van der Waals surface area contributed by atoms with Crippen molar-refractivity contribution in [2.45, 2.75) is 0 Å². The molecule has 2 heterocycles. The number of aromatic nitrogens is 2. The summed E-state index contributed by atoms with van der Waals surface area (Å²) in [7, 11) is 0. The monoisotopic (exact) mass is 342 g/mol. The van der Waals surface area contributed by atoms with Crippen molar-refractivity contribution in [1.29, 1.82) is 0 Å². The van der Waals surface area contributed by atoms with Crippen molar-refractivity contribution in [2.24, 2.45) is 0 Å². The van der Waals surface area contributed by atoms with Gasteiger partial charge in [-0.15, -0.1) is 0 Å². The van der Waals surface area contributed by atoms with Crippen LogP contribution in [0.15, 0.2) is 41.0 Å². The van der Waals surface area contributed by atoms with Crippen LogP contribution >= 0.6 is 0 Å². The molecule has 128 valence electrons. The fourth-order valence-corrected chi connectivity index (χ4v) is 2.85. The molecule has 0 saturated carbocycles. The van der Waals surface area contributed by atoms with Gasteiger partial charge in [-0.2, -0.15) is 0 Å². The molecule has 1 aliphatic heterocycles. The molecule has 1 N–H and O–H groups in total. The molecule has 2 aromatic carbocycles. The Morgan fingerprint density at radius 1 is 1.08 bits per heavy atom. The molecule has 0 unspecified atom stereocenters. The van der Waals surface area contributed by atoms with Crippen LogP contribution in [0.2, 0.25) is 0 Å². The molecule has 0 radical (unpaired) electrons.